The van der Waals surface area contributed by atoms with E-state index in [1.54, 1.807) is 30.3 Å². The minimum Gasteiger partial charge on any atom is -0.445 e. The van der Waals surface area contributed by atoms with Crippen LogP contribution in [-0.4, -0.2) is 46.1 Å². The highest BCUT2D eigenvalue weighted by Gasteiger charge is 2.51. The number of carbonyl (C=O) groups excluding carboxylic acids is 1. The molecule has 12 heteroatoms. The number of ether oxygens (including phenoxy) is 1. The summed E-state index contributed by atoms with van der Waals surface area (Å²) >= 11 is -4.08. The molecule has 1 heterocycles. The molecule has 0 spiro atoms. The molecule has 0 aliphatic carbocycles. The van der Waals surface area contributed by atoms with Crippen LogP contribution < -0.4 is 0 Å². The monoisotopic (exact) mass is 433 g/mol. The Kier molecular flexibility index (Phi) is 7.32. The van der Waals surface area contributed by atoms with Crippen LogP contribution in [0.2, 0.25) is 0 Å². The molecule has 28 heavy (non-hydrogen) atoms. The number of halogens is 6. The van der Waals surface area contributed by atoms with Gasteiger partial charge in [0.25, 0.3) is 11.1 Å². The smallest absolute Gasteiger partial charge is 0.445 e. The summed E-state index contributed by atoms with van der Waals surface area (Å²) in [4.78, 5) is 13.2. The molecule has 1 aliphatic heterocycles. The summed E-state index contributed by atoms with van der Waals surface area (Å²) in [6, 6.07) is 8.73. The lowest BCUT2D eigenvalue weighted by Crippen LogP contribution is -2.47. The van der Waals surface area contributed by atoms with E-state index in [0.717, 1.165) is 5.56 Å². The van der Waals surface area contributed by atoms with Gasteiger partial charge in [-0.2, -0.15) is 26.3 Å². The van der Waals surface area contributed by atoms with Gasteiger partial charge >= 0.3 is 17.8 Å². The van der Waals surface area contributed by atoms with Crippen LogP contribution in [0.15, 0.2) is 30.3 Å². The zero-order valence-electron chi connectivity index (χ0n) is 14.3. The molecule has 1 fully saturated rings. The Labute approximate surface area is 159 Å². The van der Waals surface area contributed by atoms with E-state index in [4.69, 9.17) is 4.74 Å². The largest absolute Gasteiger partial charge is 0.497 e. The first-order chi connectivity index (χ1) is 13.0. The van der Waals surface area contributed by atoms with Crippen molar-refractivity contribution in [3.05, 3.63) is 35.9 Å². The Morgan fingerprint density at radius 1 is 1.11 bits per heavy atom. The predicted octanol–water partition coefficient (Wildman–Crippen LogP) is 4.17. The first-order valence-electron chi connectivity index (χ1n) is 8.16. The highest BCUT2D eigenvalue weighted by molar-refractivity contribution is 7.81. The van der Waals surface area contributed by atoms with Crippen molar-refractivity contribution in [2.75, 3.05) is 13.1 Å². The Hall–Kier alpha value is -1.82. The van der Waals surface area contributed by atoms with E-state index in [9.17, 15) is 35.3 Å². The number of piperidine rings is 1. The maximum Gasteiger partial charge on any atom is 0.497 e. The van der Waals surface area contributed by atoms with Gasteiger partial charge in [0.2, 0.25) is 0 Å². The Balaban J connectivity index is 1.90. The summed E-state index contributed by atoms with van der Waals surface area (Å²) in [5.74, 6) is -1.36. The molecular formula is C16H17F6NO4S. The van der Waals surface area contributed by atoms with Crippen molar-refractivity contribution < 1.29 is 44.3 Å². The fraction of sp³-hybridized carbons (Fsp3) is 0.562. The maximum absolute atomic E-state index is 13.1. The highest BCUT2D eigenvalue weighted by atomic mass is 32.2. The van der Waals surface area contributed by atoms with Crippen LogP contribution in [0.1, 0.15) is 18.4 Å². The molecule has 0 bridgehead atoms. The predicted molar refractivity (Wildman–Crippen MR) is 86.0 cm³/mol. The molecule has 1 amide bonds. The van der Waals surface area contributed by atoms with Gasteiger partial charge in [-0.15, -0.1) is 0 Å². The number of hydrogen-bond acceptors (Lipinski definition) is 4. The second-order valence-electron chi connectivity index (χ2n) is 6.10. The van der Waals surface area contributed by atoms with E-state index in [1.807, 2.05) is 0 Å². The van der Waals surface area contributed by atoms with Crippen molar-refractivity contribution in [1.29, 1.82) is 0 Å². The van der Waals surface area contributed by atoms with Crippen LogP contribution >= 0.6 is 0 Å². The Bertz CT molecular complexity index is 674. The zero-order valence-corrected chi connectivity index (χ0v) is 15.1. The molecule has 158 valence electrons. The molecule has 2 rings (SSSR count). The van der Waals surface area contributed by atoms with Gasteiger partial charge in [-0.1, -0.05) is 30.3 Å². The summed E-state index contributed by atoms with van der Waals surface area (Å²) in [6.07, 6.45) is -9.22. The van der Waals surface area contributed by atoms with E-state index in [1.165, 1.54) is 4.90 Å². The van der Waals surface area contributed by atoms with Crippen molar-refractivity contribution in [2.45, 2.75) is 37.2 Å². The molecule has 1 saturated heterocycles. The first-order valence-corrected chi connectivity index (χ1v) is 9.24. The molecule has 1 aromatic carbocycles. The Morgan fingerprint density at radius 2 is 1.68 bits per heavy atom. The standard InChI is InChI=1S/C16H17F6NO4S/c17-15(18,19)13(27-28(25)16(20,21)22)12-6-8-23(9-7-12)14(24)26-10-11-4-2-1-3-5-11/h1-5,12-13H,6-10H2. The molecule has 1 aliphatic rings. The molecule has 2 unspecified atom stereocenters. The van der Waals surface area contributed by atoms with Crippen LogP contribution in [-0.2, 0) is 26.6 Å². The number of rotatable bonds is 5. The minimum atomic E-state index is -5.41. The third-order valence-electron chi connectivity index (χ3n) is 4.13. The van der Waals surface area contributed by atoms with Gasteiger partial charge in [0.05, 0.1) is 0 Å². The highest BCUT2D eigenvalue weighted by Crippen LogP contribution is 2.36. The molecular weight excluding hydrogens is 416 g/mol. The van der Waals surface area contributed by atoms with Crippen LogP contribution in [0.25, 0.3) is 0 Å². The van der Waals surface area contributed by atoms with Gasteiger partial charge in [0, 0.05) is 13.1 Å². The number of nitrogens with zero attached hydrogens (tertiary/aromatic N) is 1. The van der Waals surface area contributed by atoms with Gasteiger partial charge in [-0.3, -0.25) is 4.18 Å². The normalized spacial score (nSPS) is 18.6. The van der Waals surface area contributed by atoms with Crippen molar-refractivity contribution >= 4 is 17.2 Å². The van der Waals surface area contributed by atoms with Gasteiger partial charge in [0.15, 0.2) is 6.10 Å². The zero-order chi connectivity index (χ0) is 20.9. The molecule has 2 atom stereocenters. The lowest BCUT2D eigenvalue weighted by Gasteiger charge is -2.35. The quantitative estimate of drug-likeness (QED) is 0.655. The van der Waals surface area contributed by atoms with E-state index >= 15 is 0 Å². The fourth-order valence-electron chi connectivity index (χ4n) is 2.74. The van der Waals surface area contributed by atoms with Crippen LogP contribution in [0.4, 0.5) is 31.1 Å². The number of hydrogen-bond donors (Lipinski definition) is 0. The summed E-state index contributed by atoms with van der Waals surface area (Å²) in [7, 11) is 0. The van der Waals surface area contributed by atoms with Gasteiger partial charge < -0.3 is 9.64 Å². The third kappa shape index (κ3) is 6.36. The molecule has 0 aromatic heterocycles. The lowest BCUT2D eigenvalue weighted by atomic mass is 9.91. The average Bonchev–Trinajstić information content (AvgIpc) is 2.63. The van der Waals surface area contributed by atoms with E-state index in [2.05, 4.69) is 4.18 Å². The third-order valence-corrected chi connectivity index (χ3v) is 4.89. The average molecular weight is 433 g/mol. The first kappa shape index (κ1) is 22.5. The van der Waals surface area contributed by atoms with E-state index in [0.29, 0.717) is 0 Å². The van der Waals surface area contributed by atoms with Crippen LogP contribution in [0.5, 0.6) is 0 Å². The number of likely N-dealkylation sites (tertiary alicyclic amines) is 1. The van der Waals surface area contributed by atoms with Crippen LogP contribution in [0.3, 0.4) is 0 Å². The van der Waals surface area contributed by atoms with Gasteiger partial charge in [-0.05, 0) is 24.3 Å². The minimum absolute atomic E-state index is 0.0154. The summed E-state index contributed by atoms with van der Waals surface area (Å²) < 4.78 is 96.0. The second kappa shape index (κ2) is 9.12. The second-order valence-corrected chi connectivity index (χ2v) is 7.23. The van der Waals surface area contributed by atoms with Crippen LogP contribution in [0, 0.1) is 5.92 Å². The molecule has 0 saturated carbocycles. The van der Waals surface area contributed by atoms with E-state index in [-0.39, 0.29) is 32.5 Å². The van der Waals surface area contributed by atoms with Gasteiger partial charge in [-0.25, -0.2) is 9.00 Å². The number of carbonyl (C=O) groups is 1. The lowest BCUT2D eigenvalue weighted by molar-refractivity contribution is -0.213. The van der Waals surface area contributed by atoms with E-state index < -0.39 is 40.9 Å². The van der Waals surface area contributed by atoms with Crippen molar-refractivity contribution in [2.24, 2.45) is 5.92 Å². The number of amides is 1. The SMILES string of the molecule is O=C(OCc1ccccc1)N1CCC(C(OS(=O)C(F)(F)F)C(F)(F)F)CC1. The summed E-state index contributed by atoms with van der Waals surface area (Å²) in [5.41, 5.74) is -4.68. The molecule has 0 N–H and O–H groups in total. The number of alkyl halides is 6. The Morgan fingerprint density at radius 3 is 2.18 bits per heavy atom. The summed E-state index contributed by atoms with van der Waals surface area (Å²) in [5, 5.41) is 0. The van der Waals surface area contributed by atoms with Gasteiger partial charge in [0.1, 0.15) is 6.61 Å². The maximum atomic E-state index is 13.1. The molecule has 0 radical (unpaired) electrons. The summed E-state index contributed by atoms with van der Waals surface area (Å²) in [6.45, 7) is -0.307. The number of benzene rings is 1. The molecule has 1 aromatic rings. The molecule has 5 nitrogen and oxygen atoms in total. The fourth-order valence-corrected chi connectivity index (χ4v) is 3.31. The van der Waals surface area contributed by atoms with Crippen molar-refractivity contribution in [3.8, 4) is 0 Å². The topological polar surface area (TPSA) is 55.8 Å². The van der Waals surface area contributed by atoms with Crippen molar-refractivity contribution in [1.82, 2.24) is 4.90 Å². The van der Waals surface area contributed by atoms with Crippen molar-refractivity contribution in [3.63, 3.8) is 0 Å².